The summed E-state index contributed by atoms with van der Waals surface area (Å²) < 4.78 is 37.6. The molecule has 0 amide bonds. The quantitative estimate of drug-likeness (QED) is 0.838. The van der Waals surface area contributed by atoms with E-state index in [0.29, 0.717) is 18.0 Å². The Hall–Kier alpha value is -1.53. The summed E-state index contributed by atoms with van der Waals surface area (Å²) in [7, 11) is 0. The van der Waals surface area contributed by atoms with Crippen molar-refractivity contribution in [2.75, 3.05) is 11.9 Å². The summed E-state index contributed by atoms with van der Waals surface area (Å²) in [5.41, 5.74) is 1.00. The van der Waals surface area contributed by atoms with Crippen molar-refractivity contribution in [3.63, 3.8) is 0 Å². The monoisotopic (exact) mass is 335 g/mol. The van der Waals surface area contributed by atoms with Crippen LogP contribution in [-0.2, 0) is 12.6 Å². The standard InChI is InChI=1S/C13H10Cl2F3N3/c14-9-3-1-8(2-4-9)5-6-19-11-7-10(15)20-12(21-11)13(16,17)18/h1-4,7H,5-6H2,(H,19,20,21). The lowest BCUT2D eigenvalue weighted by Gasteiger charge is -2.09. The van der Waals surface area contributed by atoms with E-state index in [0.717, 1.165) is 5.56 Å². The van der Waals surface area contributed by atoms with Gasteiger partial charge in [0.2, 0.25) is 5.82 Å². The molecule has 112 valence electrons. The molecule has 2 rings (SSSR count). The van der Waals surface area contributed by atoms with E-state index in [9.17, 15) is 13.2 Å². The molecular weight excluding hydrogens is 326 g/mol. The second-order valence-corrected chi connectivity index (χ2v) is 5.02. The van der Waals surface area contributed by atoms with Gasteiger partial charge in [0.15, 0.2) is 0 Å². The summed E-state index contributed by atoms with van der Waals surface area (Å²) >= 11 is 11.3. The maximum absolute atomic E-state index is 12.5. The molecular formula is C13H10Cl2F3N3. The summed E-state index contributed by atoms with van der Waals surface area (Å²) in [5.74, 6) is -1.22. The zero-order chi connectivity index (χ0) is 15.5. The van der Waals surface area contributed by atoms with Gasteiger partial charge < -0.3 is 5.32 Å². The Bertz CT molecular complexity index is 615. The van der Waals surface area contributed by atoms with Crippen molar-refractivity contribution < 1.29 is 13.2 Å². The Labute approximate surface area is 129 Å². The lowest BCUT2D eigenvalue weighted by molar-refractivity contribution is -0.144. The van der Waals surface area contributed by atoms with E-state index in [1.54, 1.807) is 12.1 Å². The van der Waals surface area contributed by atoms with E-state index in [1.807, 2.05) is 12.1 Å². The summed E-state index contributed by atoms with van der Waals surface area (Å²) in [6, 6.07) is 8.44. The predicted octanol–water partition coefficient (Wildman–Crippen LogP) is 4.46. The average molecular weight is 336 g/mol. The maximum atomic E-state index is 12.5. The fourth-order valence-electron chi connectivity index (χ4n) is 1.62. The van der Waals surface area contributed by atoms with Gasteiger partial charge in [-0.3, -0.25) is 0 Å². The maximum Gasteiger partial charge on any atom is 0.451 e. The number of nitrogens with one attached hydrogen (secondary N) is 1. The highest BCUT2D eigenvalue weighted by Gasteiger charge is 2.35. The molecule has 2 aromatic rings. The molecule has 1 heterocycles. The van der Waals surface area contributed by atoms with Crippen molar-refractivity contribution >= 4 is 29.0 Å². The molecule has 0 bridgehead atoms. The SMILES string of the molecule is FC(F)(F)c1nc(Cl)cc(NCCc2ccc(Cl)cc2)n1. The third kappa shape index (κ3) is 4.75. The Morgan fingerprint density at radius 2 is 1.71 bits per heavy atom. The first kappa shape index (κ1) is 15.9. The normalized spacial score (nSPS) is 11.5. The lowest BCUT2D eigenvalue weighted by Crippen LogP contribution is -2.14. The Balaban J connectivity index is 2.00. The van der Waals surface area contributed by atoms with Crippen molar-refractivity contribution in [1.82, 2.24) is 9.97 Å². The number of hydrogen-bond acceptors (Lipinski definition) is 3. The molecule has 1 aromatic carbocycles. The molecule has 0 aliphatic carbocycles. The van der Waals surface area contributed by atoms with Crippen LogP contribution >= 0.6 is 23.2 Å². The molecule has 0 spiro atoms. The van der Waals surface area contributed by atoms with Gasteiger partial charge in [-0.05, 0) is 24.1 Å². The van der Waals surface area contributed by atoms with Crippen LogP contribution in [0.15, 0.2) is 30.3 Å². The van der Waals surface area contributed by atoms with Gasteiger partial charge in [0.1, 0.15) is 11.0 Å². The van der Waals surface area contributed by atoms with Crippen LogP contribution in [0.2, 0.25) is 10.2 Å². The molecule has 0 atom stereocenters. The highest BCUT2D eigenvalue weighted by molar-refractivity contribution is 6.30. The molecule has 0 saturated carbocycles. The molecule has 0 aliphatic rings. The van der Waals surface area contributed by atoms with Crippen LogP contribution in [0.25, 0.3) is 0 Å². The number of aromatic nitrogens is 2. The van der Waals surface area contributed by atoms with Gasteiger partial charge in [-0.15, -0.1) is 0 Å². The van der Waals surface area contributed by atoms with E-state index in [4.69, 9.17) is 23.2 Å². The summed E-state index contributed by atoms with van der Waals surface area (Å²) in [6.45, 7) is 0.409. The van der Waals surface area contributed by atoms with Crippen molar-refractivity contribution in [1.29, 1.82) is 0 Å². The number of nitrogens with zero attached hydrogens (tertiary/aromatic N) is 2. The molecule has 1 aromatic heterocycles. The molecule has 1 N–H and O–H groups in total. The number of anilines is 1. The molecule has 0 unspecified atom stereocenters. The third-order valence-electron chi connectivity index (χ3n) is 2.58. The van der Waals surface area contributed by atoms with E-state index < -0.39 is 12.0 Å². The van der Waals surface area contributed by atoms with Crippen LogP contribution in [0.3, 0.4) is 0 Å². The van der Waals surface area contributed by atoms with Gasteiger partial charge in [-0.2, -0.15) is 13.2 Å². The molecule has 0 radical (unpaired) electrons. The second-order valence-electron chi connectivity index (χ2n) is 4.20. The molecule has 8 heteroatoms. The van der Waals surface area contributed by atoms with Gasteiger partial charge in [-0.25, -0.2) is 9.97 Å². The van der Waals surface area contributed by atoms with Crippen molar-refractivity contribution in [2.24, 2.45) is 0 Å². The number of alkyl halides is 3. The molecule has 21 heavy (non-hydrogen) atoms. The van der Waals surface area contributed by atoms with Gasteiger partial charge in [-0.1, -0.05) is 35.3 Å². The minimum atomic E-state index is -4.63. The number of rotatable bonds is 4. The second kappa shape index (κ2) is 6.49. The Morgan fingerprint density at radius 1 is 1.05 bits per heavy atom. The largest absolute Gasteiger partial charge is 0.451 e. The van der Waals surface area contributed by atoms with Gasteiger partial charge >= 0.3 is 6.18 Å². The zero-order valence-electron chi connectivity index (χ0n) is 10.6. The minimum absolute atomic E-state index is 0.0382. The van der Waals surface area contributed by atoms with E-state index in [-0.39, 0.29) is 11.0 Å². The van der Waals surface area contributed by atoms with Crippen LogP contribution in [-0.4, -0.2) is 16.5 Å². The molecule has 0 saturated heterocycles. The van der Waals surface area contributed by atoms with Crippen molar-refractivity contribution in [2.45, 2.75) is 12.6 Å². The van der Waals surface area contributed by atoms with Crippen LogP contribution in [0.5, 0.6) is 0 Å². The molecule has 3 nitrogen and oxygen atoms in total. The van der Waals surface area contributed by atoms with E-state index in [1.165, 1.54) is 6.07 Å². The van der Waals surface area contributed by atoms with Crippen molar-refractivity contribution in [3.05, 3.63) is 51.9 Å². The first-order valence-electron chi connectivity index (χ1n) is 5.95. The first-order valence-corrected chi connectivity index (χ1v) is 6.70. The third-order valence-corrected chi connectivity index (χ3v) is 3.03. The van der Waals surface area contributed by atoms with E-state index >= 15 is 0 Å². The Morgan fingerprint density at radius 3 is 2.33 bits per heavy atom. The zero-order valence-corrected chi connectivity index (χ0v) is 12.1. The first-order chi connectivity index (χ1) is 9.84. The molecule has 0 aliphatic heterocycles. The predicted molar refractivity (Wildman–Crippen MR) is 75.7 cm³/mol. The highest BCUT2D eigenvalue weighted by Crippen LogP contribution is 2.28. The number of halogens is 5. The highest BCUT2D eigenvalue weighted by atomic mass is 35.5. The minimum Gasteiger partial charge on any atom is -0.370 e. The van der Waals surface area contributed by atoms with Crippen LogP contribution < -0.4 is 5.32 Å². The van der Waals surface area contributed by atoms with Gasteiger partial charge in [0.25, 0.3) is 0 Å². The summed E-state index contributed by atoms with van der Waals surface area (Å²) in [5, 5.41) is 3.16. The number of benzene rings is 1. The summed E-state index contributed by atoms with van der Waals surface area (Å²) in [4.78, 5) is 6.55. The smallest absolute Gasteiger partial charge is 0.370 e. The number of hydrogen-bond donors (Lipinski definition) is 1. The molecule has 0 fully saturated rings. The van der Waals surface area contributed by atoms with Gasteiger partial charge in [0, 0.05) is 17.6 Å². The summed E-state index contributed by atoms with van der Waals surface area (Å²) in [6.07, 6.45) is -4.02. The van der Waals surface area contributed by atoms with E-state index in [2.05, 4.69) is 15.3 Å². The topological polar surface area (TPSA) is 37.8 Å². The van der Waals surface area contributed by atoms with Crippen LogP contribution in [0, 0.1) is 0 Å². The average Bonchev–Trinajstić information content (AvgIpc) is 2.39. The van der Waals surface area contributed by atoms with Crippen molar-refractivity contribution in [3.8, 4) is 0 Å². The lowest BCUT2D eigenvalue weighted by atomic mass is 10.1. The Kier molecular flexibility index (Phi) is 4.90. The fraction of sp³-hybridized carbons (Fsp3) is 0.231. The van der Waals surface area contributed by atoms with Crippen LogP contribution in [0.4, 0.5) is 19.0 Å². The van der Waals surface area contributed by atoms with Crippen LogP contribution in [0.1, 0.15) is 11.4 Å². The fourth-order valence-corrected chi connectivity index (χ4v) is 1.93. The van der Waals surface area contributed by atoms with Gasteiger partial charge in [0.05, 0.1) is 0 Å².